The summed E-state index contributed by atoms with van der Waals surface area (Å²) in [7, 11) is 0. The fourth-order valence-electron chi connectivity index (χ4n) is 0.889. The van der Waals surface area contributed by atoms with E-state index in [1.165, 1.54) is 0 Å². The van der Waals surface area contributed by atoms with Crippen LogP contribution in [0.1, 0.15) is 17.4 Å². The second-order valence-electron chi connectivity index (χ2n) is 2.26. The monoisotopic (exact) mass is 185 g/mol. The molecule has 2 N–H and O–H groups in total. The second-order valence-corrected chi connectivity index (χ2v) is 3.04. The van der Waals surface area contributed by atoms with E-state index in [4.69, 9.17) is 5.73 Å². The SMILES string of the molecule is CCn1nc(C(=O)SC)cc1N. The molecule has 0 saturated heterocycles. The zero-order valence-electron chi connectivity index (χ0n) is 7.07. The predicted molar refractivity (Wildman–Crippen MR) is 50.2 cm³/mol. The molecule has 1 rings (SSSR count). The smallest absolute Gasteiger partial charge is 0.239 e. The highest BCUT2D eigenvalue weighted by Gasteiger charge is 2.09. The first kappa shape index (κ1) is 9.12. The van der Waals surface area contributed by atoms with Gasteiger partial charge in [-0.25, -0.2) is 4.68 Å². The molecular weight excluding hydrogens is 174 g/mol. The number of nitrogens with two attached hydrogens (primary N) is 1. The van der Waals surface area contributed by atoms with Gasteiger partial charge in [0.1, 0.15) is 11.5 Å². The highest BCUT2D eigenvalue weighted by molar-refractivity contribution is 8.13. The lowest BCUT2D eigenvalue weighted by Gasteiger charge is -1.95. The van der Waals surface area contributed by atoms with Gasteiger partial charge in [0.2, 0.25) is 5.12 Å². The second kappa shape index (κ2) is 3.62. The van der Waals surface area contributed by atoms with Crippen molar-refractivity contribution in [3.05, 3.63) is 11.8 Å². The number of carbonyl (C=O) groups is 1. The van der Waals surface area contributed by atoms with E-state index < -0.39 is 0 Å². The van der Waals surface area contributed by atoms with Gasteiger partial charge in [0.25, 0.3) is 0 Å². The summed E-state index contributed by atoms with van der Waals surface area (Å²) in [6.07, 6.45) is 1.73. The van der Waals surface area contributed by atoms with Crippen molar-refractivity contribution in [2.24, 2.45) is 0 Å². The number of hydrogen-bond acceptors (Lipinski definition) is 4. The molecule has 0 fully saturated rings. The summed E-state index contributed by atoms with van der Waals surface area (Å²) < 4.78 is 1.60. The molecule has 0 bridgehead atoms. The number of thioether (sulfide) groups is 1. The lowest BCUT2D eigenvalue weighted by atomic mass is 10.4. The average molecular weight is 185 g/mol. The maximum absolute atomic E-state index is 11.1. The van der Waals surface area contributed by atoms with E-state index in [1.54, 1.807) is 17.0 Å². The Balaban J connectivity index is 2.96. The van der Waals surface area contributed by atoms with Crippen LogP contribution in [0.25, 0.3) is 0 Å². The molecule has 1 heterocycles. The minimum Gasteiger partial charge on any atom is -0.384 e. The molecule has 0 spiro atoms. The summed E-state index contributed by atoms with van der Waals surface area (Å²) in [5, 5.41) is 3.97. The third kappa shape index (κ3) is 1.61. The van der Waals surface area contributed by atoms with Gasteiger partial charge in [-0.2, -0.15) is 5.10 Å². The lowest BCUT2D eigenvalue weighted by molar-refractivity contribution is 0.108. The minimum atomic E-state index is -0.0473. The van der Waals surface area contributed by atoms with Gasteiger partial charge in [0.15, 0.2) is 0 Å². The maximum atomic E-state index is 11.1. The maximum Gasteiger partial charge on any atom is 0.239 e. The number of carbonyl (C=O) groups excluding carboxylic acids is 1. The number of aryl methyl sites for hydroxylation is 1. The summed E-state index contributed by atoms with van der Waals surface area (Å²) in [5.41, 5.74) is 6.02. The molecule has 1 aromatic heterocycles. The van der Waals surface area contributed by atoms with E-state index in [9.17, 15) is 4.79 Å². The molecule has 0 radical (unpaired) electrons. The zero-order chi connectivity index (χ0) is 9.14. The van der Waals surface area contributed by atoms with E-state index in [1.807, 2.05) is 6.92 Å². The lowest BCUT2D eigenvalue weighted by Crippen LogP contribution is -2.02. The Morgan fingerprint density at radius 1 is 1.83 bits per heavy atom. The van der Waals surface area contributed by atoms with Gasteiger partial charge in [0.05, 0.1) is 0 Å². The topological polar surface area (TPSA) is 60.9 Å². The first-order chi connectivity index (χ1) is 5.69. The summed E-state index contributed by atoms with van der Waals surface area (Å²) in [4.78, 5) is 11.1. The first-order valence-electron chi connectivity index (χ1n) is 3.60. The zero-order valence-corrected chi connectivity index (χ0v) is 7.89. The predicted octanol–water partition coefficient (Wildman–Crippen LogP) is 0.988. The normalized spacial score (nSPS) is 10.2. The van der Waals surface area contributed by atoms with Crippen LogP contribution in [-0.4, -0.2) is 21.2 Å². The van der Waals surface area contributed by atoms with Crippen LogP contribution in [-0.2, 0) is 6.54 Å². The third-order valence-corrected chi connectivity index (χ3v) is 2.09. The standard InChI is InChI=1S/C7H11N3OS/c1-3-10-6(8)4-5(9-10)7(11)12-2/h4H,3,8H2,1-2H3. The van der Waals surface area contributed by atoms with Crippen molar-refractivity contribution < 1.29 is 4.79 Å². The van der Waals surface area contributed by atoms with E-state index in [0.29, 0.717) is 18.1 Å². The average Bonchev–Trinajstić information content (AvgIpc) is 2.45. The number of nitrogens with zero attached hydrogens (tertiary/aromatic N) is 2. The van der Waals surface area contributed by atoms with Crippen molar-refractivity contribution in [2.75, 3.05) is 12.0 Å². The Morgan fingerprint density at radius 2 is 2.50 bits per heavy atom. The molecule has 0 saturated carbocycles. The highest BCUT2D eigenvalue weighted by atomic mass is 32.2. The van der Waals surface area contributed by atoms with Crippen molar-refractivity contribution in [2.45, 2.75) is 13.5 Å². The Morgan fingerprint density at radius 3 is 2.92 bits per heavy atom. The van der Waals surface area contributed by atoms with E-state index >= 15 is 0 Å². The molecule has 0 aromatic carbocycles. The Hall–Kier alpha value is -0.970. The highest BCUT2D eigenvalue weighted by Crippen LogP contribution is 2.11. The Kier molecular flexibility index (Phi) is 2.75. The van der Waals surface area contributed by atoms with Crippen molar-refractivity contribution >= 4 is 22.7 Å². The minimum absolute atomic E-state index is 0.0473. The molecule has 12 heavy (non-hydrogen) atoms. The van der Waals surface area contributed by atoms with E-state index in [-0.39, 0.29) is 5.12 Å². The molecule has 1 aromatic rings. The number of rotatable bonds is 2. The van der Waals surface area contributed by atoms with E-state index in [2.05, 4.69) is 5.10 Å². The first-order valence-corrected chi connectivity index (χ1v) is 4.83. The fraction of sp³-hybridized carbons (Fsp3) is 0.429. The van der Waals surface area contributed by atoms with Crippen LogP contribution in [0.2, 0.25) is 0 Å². The molecular formula is C7H11N3OS. The van der Waals surface area contributed by atoms with Crippen molar-refractivity contribution in [1.29, 1.82) is 0 Å². The van der Waals surface area contributed by atoms with Gasteiger partial charge < -0.3 is 5.73 Å². The molecule has 0 unspecified atom stereocenters. The third-order valence-electron chi connectivity index (χ3n) is 1.51. The van der Waals surface area contributed by atoms with Gasteiger partial charge in [0, 0.05) is 12.6 Å². The Bertz CT molecular complexity index is 295. The molecule has 0 atom stereocenters. The fourth-order valence-corrected chi connectivity index (χ4v) is 1.20. The molecule has 4 nitrogen and oxygen atoms in total. The number of anilines is 1. The molecule has 0 aliphatic rings. The summed E-state index contributed by atoms with van der Waals surface area (Å²) >= 11 is 1.14. The van der Waals surface area contributed by atoms with Crippen LogP contribution >= 0.6 is 11.8 Å². The molecule has 0 amide bonds. The van der Waals surface area contributed by atoms with Crippen LogP contribution in [0, 0.1) is 0 Å². The summed E-state index contributed by atoms with van der Waals surface area (Å²) in [6, 6.07) is 1.60. The van der Waals surface area contributed by atoms with Gasteiger partial charge in [-0.05, 0) is 13.2 Å². The van der Waals surface area contributed by atoms with Gasteiger partial charge in [-0.1, -0.05) is 11.8 Å². The van der Waals surface area contributed by atoms with Crippen LogP contribution in [0.5, 0.6) is 0 Å². The van der Waals surface area contributed by atoms with Gasteiger partial charge in [-0.15, -0.1) is 0 Å². The van der Waals surface area contributed by atoms with Crippen LogP contribution in [0.4, 0.5) is 5.82 Å². The Labute approximate surface area is 75.1 Å². The number of hydrogen-bond donors (Lipinski definition) is 1. The molecule has 5 heteroatoms. The largest absolute Gasteiger partial charge is 0.384 e. The van der Waals surface area contributed by atoms with Crippen molar-refractivity contribution in [3.8, 4) is 0 Å². The van der Waals surface area contributed by atoms with Gasteiger partial charge >= 0.3 is 0 Å². The summed E-state index contributed by atoms with van der Waals surface area (Å²) in [5.74, 6) is 0.537. The molecule has 0 aliphatic carbocycles. The van der Waals surface area contributed by atoms with Crippen LogP contribution in [0.15, 0.2) is 6.07 Å². The van der Waals surface area contributed by atoms with Crippen LogP contribution in [0.3, 0.4) is 0 Å². The van der Waals surface area contributed by atoms with Gasteiger partial charge in [-0.3, -0.25) is 4.79 Å². The quantitative estimate of drug-likeness (QED) is 0.746. The number of nitrogen functional groups attached to an aromatic ring is 1. The molecule has 0 aliphatic heterocycles. The van der Waals surface area contributed by atoms with Crippen molar-refractivity contribution in [1.82, 2.24) is 9.78 Å². The summed E-state index contributed by atoms with van der Waals surface area (Å²) in [6.45, 7) is 2.62. The van der Waals surface area contributed by atoms with E-state index in [0.717, 1.165) is 11.8 Å². The molecule has 66 valence electrons. The van der Waals surface area contributed by atoms with Crippen LogP contribution < -0.4 is 5.73 Å². The number of aromatic nitrogens is 2. The van der Waals surface area contributed by atoms with Crippen molar-refractivity contribution in [3.63, 3.8) is 0 Å².